The molecule has 1 aliphatic carbocycles. The van der Waals surface area contributed by atoms with Crippen LogP contribution in [-0.4, -0.2) is 18.2 Å². The van der Waals surface area contributed by atoms with E-state index < -0.39 is 0 Å². The maximum Gasteiger partial charge on any atom is 0.116 e. The van der Waals surface area contributed by atoms with Gasteiger partial charge in [-0.15, -0.1) is 11.3 Å². The SMILES string of the molecule is COC=C1C=CC=CC1OCc1csc(C=C(C)C)n1. The molecule has 4 heteroatoms. The number of hydrogen-bond donors (Lipinski definition) is 0. The van der Waals surface area contributed by atoms with Crippen LogP contribution in [0.3, 0.4) is 0 Å². The Bertz CT molecular complexity index is 563. The largest absolute Gasteiger partial charge is 0.504 e. The van der Waals surface area contributed by atoms with Gasteiger partial charge in [0, 0.05) is 11.0 Å². The van der Waals surface area contributed by atoms with Gasteiger partial charge in [-0.05, 0) is 19.9 Å². The third-order valence-corrected chi connectivity index (χ3v) is 3.50. The Labute approximate surface area is 123 Å². The van der Waals surface area contributed by atoms with E-state index in [1.165, 1.54) is 5.57 Å². The van der Waals surface area contributed by atoms with E-state index in [0.717, 1.165) is 16.3 Å². The molecule has 0 saturated carbocycles. The van der Waals surface area contributed by atoms with E-state index in [1.807, 2.05) is 29.7 Å². The van der Waals surface area contributed by atoms with Gasteiger partial charge in [-0.2, -0.15) is 0 Å². The van der Waals surface area contributed by atoms with Gasteiger partial charge in [0.1, 0.15) is 11.1 Å². The molecule has 0 saturated heterocycles. The van der Waals surface area contributed by atoms with Crippen molar-refractivity contribution in [2.45, 2.75) is 26.6 Å². The first-order valence-electron chi connectivity index (χ1n) is 6.47. The first-order valence-corrected chi connectivity index (χ1v) is 7.35. The smallest absolute Gasteiger partial charge is 0.116 e. The molecule has 3 nitrogen and oxygen atoms in total. The van der Waals surface area contributed by atoms with Gasteiger partial charge in [-0.25, -0.2) is 4.98 Å². The normalized spacial score (nSPS) is 19.4. The van der Waals surface area contributed by atoms with E-state index in [2.05, 4.69) is 24.9 Å². The summed E-state index contributed by atoms with van der Waals surface area (Å²) in [6, 6.07) is 0. The number of methoxy groups -OCH3 is 1. The molecule has 1 aromatic rings. The molecule has 0 bridgehead atoms. The molecule has 0 N–H and O–H groups in total. The number of thiazole rings is 1. The highest BCUT2D eigenvalue weighted by Gasteiger charge is 2.13. The van der Waals surface area contributed by atoms with E-state index in [-0.39, 0.29) is 6.10 Å². The van der Waals surface area contributed by atoms with Gasteiger partial charge in [0.2, 0.25) is 0 Å². The number of rotatable bonds is 5. The molecule has 1 aromatic heterocycles. The van der Waals surface area contributed by atoms with Crippen LogP contribution in [0.15, 0.2) is 47.1 Å². The van der Waals surface area contributed by atoms with Crippen molar-refractivity contribution in [3.05, 3.63) is 57.8 Å². The lowest BCUT2D eigenvalue weighted by Crippen LogP contribution is -2.14. The van der Waals surface area contributed by atoms with Crippen LogP contribution in [0.4, 0.5) is 0 Å². The topological polar surface area (TPSA) is 31.4 Å². The number of allylic oxidation sites excluding steroid dienone is 3. The zero-order valence-electron chi connectivity index (χ0n) is 12.0. The third-order valence-electron chi connectivity index (χ3n) is 2.66. The van der Waals surface area contributed by atoms with Crippen LogP contribution >= 0.6 is 11.3 Å². The summed E-state index contributed by atoms with van der Waals surface area (Å²) in [7, 11) is 1.64. The Kier molecular flexibility index (Phi) is 5.32. The van der Waals surface area contributed by atoms with Gasteiger partial charge in [0.15, 0.2) is 0 Å². The van der Waals surface area contributed by atoms with Crippen LogP contribution in [0.25, 0.3) is 6.08 Å². The molecule has 20 heavy (non-hydrogen) atoms. The Morgan fingerprint density at radius 1 is 1.40 bits per heavy atom. The minimum absolute atomic E-state index is 0.0754. The summed E-state index contributed by atoms with van der Waals surface area (Å²) in [5.41, 5.74) is 3.22. The van der Waals surface area contributed by atoms with Crippen molar-refractivity contribution >= 4 is 17.4 Å². The van der Waals surface area contributed by atoms with Gasteiger partial charge in [0.25, 0.3) is 0 Å². The number of aromatic nitrogens is 1. The Morgan fingerprint density at radius 3 is 3.00 bits per heavy atom. The summed E-state index contributed by atoms with van der Waals surface area (Å²) in [5, 5.41) is 3.06. The first kappa shape index (κ1) is 14.8. The van der Waals surface area contributed by atoms with Crippen molar-refractivity contribution in [3.63, 3.8) is 0 Å². The fourth-order valence-electron chi connectivity index (χ4n) is 1.81. The van der Waals surface area contributed by atoms with Crippen molar-refractivity contribution in [1.29, 1.82) is 0 Å². The average molecular weight is 289 g/mol. The molecular weight excluding hydrogens is 270 g/mol. The average Bonchev–Trinajstić information content (AvgIpc) is 2.85. The molecular formula is C16H19NO2S. The first-order chi connectivity index (χ1) is 9.69. The van der Waals surface area contributed by atoms with Gasteiger partial charge in [-0.3, -0.25) is 0 Å². The zero-order valence-corrected chi connectivity index (χ0v) is 12.8. The van der Waals surface area contributed by atoms with Crippen LogP contribution in [0.5, 0.6) is 0 Å². The lowest BCUT2D eigenvalue weighted by Gasteiger charge is -2.16. The van der Waals surface area contributed by atoms with Crippen LogP contribution < -0.4 is 0 Å². The van der Waals surface area contributed by atoms with Crippen LogP contribution in [0.2, 0.25) is 0 Å². The molecule has 2 rings (SSSR count). The maximum absolute atomic E-state index is 5.89. The molecule has 106 valence electrons. The molecule has 1 unspecified atom stereocenters. The van der Waals surface area contributed by atoms with Gasteiger partial charge < -0.3 is 9.47 Å². The molecule has 1 atom stereocenters. The summed E-state index contributed by atoms with van der Waals surface area (Å²) < 4.78 is 11.0. The summed E-state index contributed by atoms with van der Waals surface area (Å²) in [4.78, 5) is 4.53. The van der Waals surface area contributed by atoms with Crippen molar-refractivity contribution in [2.75, 3.05) is 7.11 Å². The minimum Gasteiger partial charge on any atom is -0.504 e. The highest BCUT2D eigenvalue weighted by atomic mass is 32.1. The van der Waals surface area contributed by atoms with E-state index in [0.29, 0.717) is 6.61 Å². The van der Waals surface area contributed by atoms with E-state index in [4.69, 9.17) is 9.47 Å². The maximum atomic E-state index is 5.89. The lowest BCUT2D eigenvalue weighted by atomic mass is 10.1. The fraction of sp³-hybridized carbons (Fsp3) is 0.312. The van der Waals surface area contributed by atoms with Gasteiger partial charge in [0.05, 0.1) is 25.7 Å². The molecule has 0 radical (unpaired) electrons. The Morgan fingerprint density at radius 2 is 2.25 bits per heavy atom. The Hall–Kier alpha value is -1.65. The summed E-state index contributed by atoms with van der Waals surface area (Å²) >= 11 is 1.64. The standard InChI is InChI=1S/C16H19NO2S/c1-12(2)8-16-17-14(11-20-16)10-19-15-7-5-4-6-13(15)9-18-3/h4-9,11,15H,10H2,1-3H3. The van der Waals surface area contributed by atoms with Gasteiger partial charge >= 0.3 is 0 Å². The van der Waals surface area contributed by atoms with E-state index >= 15 is 0 Å². The molecule has 0 aliphatic heterocycles. The molecule has 0 fully saturated rings. The number of hydrogen-bond acceptors (Lipinski definition) is 4. The monoisotopic (exact) mass is 289 g/mol. The second-order valence-electron chi connectivity index (χ2n) is 4.73. The summed E-state index contributed by atoms with van der Waals surface area (Å²) in [5.74, 6) is 0. The lowest BCUT2D eigenvalue weighted by molar-refractivity contribution is 0.0917. The molecule has 1 aliphatic rings. The molecule has 1 heterocycles. The predicted octanol–water partition coefficient (Wildman–Crippen LogP) is 4.11. The highest BCUT2D eigenvalue weighted by molar-refractivity contribution is 7.10. The zero-order chi connectivity index (χ0) is 14.4. The Balaban J connectivity index is 1.96. The van der Waals surface area contributed by atoms with Crippen molar-refractivity contribution < 1.29 is 9.47 Å². The quantitative estimate of drug-likeness (QED) is 0.764. The van der Waals surface area contributed by atoms with Crippen LogP contribution in [0, 0.1) is 0 Å². The van der Waals surface area contributed by atoms with E-state index in [1.54, 1.807) is 24.7 Å². The van der Waals surface area contributed by atoms with E-state index in [9.17, 15) is 0 Å². The van der Waals surface area contributed by atoms with Crippen molar-refractivity contribution in [2.24, 2.45) is 0 Å². The second-order valence-corrected chi connectivity index (χ2v) is 5.62. The number of ether oxygens (including phenoxy) is 2. The number of nitrogens with zero attached hydrogens (tertiary/aromatic N) is 1. The van der Waals surface area contributed by atoms with Crippen molar-refractivity contribution in [1.82, 2.24) is 4.98 Å². The molecule has 0 amide bonds. The molecule has 0 spiro atoms. The summed E-state index contributed by atoms with van der Waals surface area (Å²) in [6.07, 6.45) is 11.7. The third kappa shape index (κ3) is 4.18. The van der Waals surface area contributed by atoms with Crippen molar-refractivity contribution in [3.8, 4) is 0 Å². The fourth-order valence-corrected chi connectivity index (χ4v) is 2.66. The highest BCUT2D eigenvalue weighted by Crippen LogP contribution is 2.19. The summed E-state index contributed by atoms with van der Waals surface area (Å²) in [6.45, 7) is 4.63. The van der Waals surface area contributed by atoms with Crippen LogP contribution in [0.1, 0.15) is 24.5 Å². The molecule has 0 aromatic carbocycles. The predicted molar refractivity (Wildman–Crippen MR) is 83.4 cm³/mol. The van der Waals surface area contributed by atoms with Gasteiger partial charge in [-0.1, -0.05) is 29.9 Å². The second kappa shape index (κ2) is 7.22. The van der Waals surface area contributed by atoms with Crippen LogP contribution in [-0.2, 0) is 16.1 Å². The minimum atomic E-state index is -0.0754.